The number of hydrogen-bond acceptors (Lipinski definition) is 4. The highest BCUT2D eigenvalue weighted by Crippen LogP contribution is 2.45. The lowest BCUT2D eigenvalue weighted by molar-refractivity contribution is -0.131. The summed E-state index contributed by atoms with van der Waals surface area (Å²) < 4.78 is 10.6. The molecular formula is C16H13NO4. The first kappa shape index (κ1) is 12.2. The van der Waals surface area contributed by atoms with Crippen molar-refractivity contribution in [2.75, 3.05) is 18.7 Å². The highest BCUT2D eigenvalue weighted by atomic mass is 16.7. The van der Waals surface area contributed by atoms with Crippen LogP contribution in [-0.4, -0.2) is 24.9 Å². The first-order valence-corrected chi connectivity index (χ1v) is 6.62. The van der Waals surface area contributed by atoms with E-state index in [1.165, 1.54) is 4.90 Å². The molecule has 1 unspecified atom stereocenters. The minimum absolute atomic E-state index is 0.154. The van der Waals surface area contributed by atoms with Gasteiger partial charge in [0.15, 0.2) is 17.1 Å². The first-order valence-electron chi connectivity index (χ1n) is 6.62. The number of amides is 1. The molecule has 0 spiro atoms. The Balaban J connectivity index is 1.93. The monoisotopic (exact) mass is 283 g/mol. The zero-order valence-electron chi connectivity index (χ0n) is 11.4. The molecule has 0 fully saturated rings. The molecule has 1 amide bonds. The van der Waals surface area contributed by atoms with Crippen molar-refractivity contribution in [3.05, 3.63) is 53.6 Å². The molecule has 0 saturated carbocycles. The summed E-state index contributed by atoms with van der Waals surface area (Å²) in [7, 11) is 1.66. The van der Waals surface area contributed by atoms with Crippen LogP contribution in [-0.2, 0) is 10.4 Å². The topological polar surface area (TPSA) is 59.0 Å². The van der Waals surface area contributed by atoms with Crippen molar-refractivity contribution in [3.63, 3.8) is 0 Å². The molecule has 0 radical (unpaired) electrons. The summed E-state index contributed by atoms with van der Waals surface area (Å²) in [6, 6.07) is 12.3. The summed E-state index contributed by atoms with van der Waals surface area (Å²) in [4.78, 5) is 14.1. The smallest absolute Gasteiger partial charge is 0.268 e. The maximum atomic E-state index is 12.6. The van der Waals surface area contributed by atoms with Crippen molar-refractivity contribution >= 4 is 11.6 Å². The van der Waals surface area contributed by atoms with Crippen LogP contribution in [0.5, 0.6) is 11.5 Å². The van der Waals surface area contributed by atoms with Gasteiger partial charge in [-0.05, 0) is 18.2 Å². The quantitative estimate of drug-likeness (QED) is 0.864. The lowest BCUT2D eigenvalue weighted by atomic mass is 9.87. The predicted molar refractivity (Wildman–Crippen MR) is 75.4 cm³/mol. The number of anilines is 1. The largest absolute Gasteiger partial charge is 0.454 e. The number of carbonyl (C=O) groups excluding carboxylic acids is 1. The van der Waals surface area contributed by atoms with E-state index in [-0.39, 0.29) is 12.7 Å². The Labute approximate surface area is 121 Å². The number of ether oxygens (including phenoxy) is 2. The van der Waals surface area contributed by atoms with Crippen molar-refractivity contribution in [2.45, 2.75) is 5.60 Å². The average Bonchev–Trinajstić information content (AvgIpc) is 3.06. The molecular weight excluding hydrogens is 270 g/mol. The summed E-state index contributed by atoms with van der Waals surface area (Å²) >= 11 is 0. The molecule has 2 aliphatic rings. The minimum atomic E-state index is -1.69. The first-order chi connectivity index (χ1) is 10.1. The van der Waals surface area contributed by atoms with Crippen molar-refractivity contribution in [3.8, 4) is 11.5 Å². The van der Waals surface area contributed by atoms with Gasteiger partial charge in [-0.1, -0.05) is 24.3 Å². The van der Waals surface area contributed by atoms with Crippen LogP contribution in [0.2, 0.25) is 0 Å². The number of para-hydroxylation sites is 1. The van der Waals surface area contributed by atoms with E-state index in [2.05, 4.69) is 0 Å². The van der Waals surface area contributed by atoms with Crippen LogP contribution < -0.4 is 14.4 Å². The Morgan fingerprint density at radius 1 is 1.14 bits per heavy atom. The minimum Gasteiger partial charge on any atom is -0.454 e. The van der Waals surface area contributed by atoms with Crippen molar-refractivity contribution in [1.29, 1.82) is 0 Å². The van der Waals surface area contributed by atoms with Crippen LogP contribution in [0.25, 0.3) is 0 Å². The Kier molecular flexibility index (Phi) is 2.32. The molecule has 0 saturated heterocycles. The second-order valence-corrected chi connectivity index (χ2v) is 5.16. The number of benzene rings is 2. The molecule has 2 heterocycles. The van der Waals surface area contributed by atoms with E-state index in [4.69, 9.17) is 9.47 Å². The van der Waals surface area contributed by atoms with E-state index < -0.39 is 5.60 Å². The molecule has 1 atom stereocenters. The van der Waals surface area contributed by atoms with E-state index >= 15 is 0 Å². The Bertz CT molecular complexity index is 758. The predicted octanol–water partition coefficient (Wildman–Crippen LogP) is 1.63. The molecule has 2 aromatic rings. The summed E-state index contributed by atoms with van der Waals surface area (Å²) in [6.07, 6.45) is 0. The zero-order chi connectivity index (χ0) is 14.6. The number of carbonyl (C=O) groups is 1. The fraction of sp³-hybridized carbons (Fsp3) is 0.188. The Morgan fingerprint density at radius 2 is 1.90 bits per heavy atom. The van der Waals surface area contributed by atoms with Gasteiger partial charge in [-0.25, -0.2) is 0 Å². The molecule has 0 aliphatic carbocycles. The molecule has 4 rings (SSSR count). The van der Waals surface area contributed by atoms with Crippen LogP contribution in [0.1, 0.15) is 11.1 Å². The molecule has 5 nitrogen and oxygen atoms in total. The Morgan fingerprint density at radius 3 is 2.76 bits per heavy atom. The third-order valence-electron chi connectivity index (χ3n) is 4.06. The number of nitrogens with zero attached hydrogens (tertiary/aromatic N) is 1. The fourth-order valence-electron chi connectivity index (χ4n) is 2.94. The van der Waals surface area contributed by atoms with Gasteiger partial charge in [0.25, 0.3) is 5.91 Å². The average molecular weight is 283 g/mol. The van der Waals surface area contributed by atoms with E-state index in [0.717, 1.165) is 0 Å². The number of likely N-dealkylation sites (N-methyl/N-ethyl adjacent to an activating group) is 1. The fourth-order valence-corrected chi connectivity index (χ4v) is 2.94. The van der Waals surface area contributed by atoms with Crippen molar-refractivity contribution < 1.29 is 19.4 Å². The van der Waals surface area contributed by atoms with Gasteiger partial charge in [0.2, 0.25) is 6.79 Å². The standard InChI is InChI=1S/C16H13NO4/c1-17-12-5-3-2-4-11(12)16(19,15(17)18)10-6-7-13-14(8-10)21-9-20-13/h2-8,19H,9H2,1H3. The highest BCUT2D eigenvalue weighted by molar-refractivity contribution is 6.08. The second-order valence-electron chi connectivity index (χ2n) is 5.16. The lowest BCUT2D eigenvalue weighted by Crippen LogP contribution is -2.39. The second kappa shape index (κ2) is 3.99. The molecule has 0 aromatic heterocycles. The number of hydrogen-bond donors (Lipinski definition) is 1. The lowest BCUT2D eigenvalue weighted by Gasteiger charge is -2.22. The molecule has 2 aromatic carbocycles. The van der Waals surface area contributed by atoms with Crippen LogP contribution in [0.4, 0.5) is 5.69 Å². The van der Waals surface area contributed by atoms with E-state index in [9.17, 15) is 9.90 Å². The normalized spacial score (nSPS) is 22.6. The maximum Gasteiger partial charge on any atom is 0.268 e. The molecule has 0 bridgehead atoms. The molecule has 1 N–H and O–H groups in total. The van der Waals surface area contributed by atoms with Crippen LogP contribution >= 0.6 is 0 Å². The number of aliphatic hydroxyl groups is 1. The molecule has 106 valence electrons. The van der Waals surface area contributed by atoms with E-state index in [0.29, 0.717) is 28.3 Å². The SMILES string of the molecule is CN1C(=O)C(O)(c2ccc3c(c2)OCO3)c2ccccc21. The van der Waals surface area contributed by atoms with Gasteiger partial charge in [0, 0.05) is 18.2 Å². The van der Waals surface area contributed by atoms with Crippen molar-refractivity contribution in [2.24, 2.45) is 0 Å². The van der Waals surface area contributed by atoms with Gasteiger partial charge in [0.05, 0.1) is 5.69 Å². The number of rotatable bonds is 1. The van der Waals surface area contributed by atoms with Gasteiger partial charge in [-0.2, -0.15) is 0 Å². The zero-order valence-corrected chi connectivity index (χ0v) is 11.4. The van der Waals surface area contributed by atoms with Crippen LogP contribution in [0, 0.1) is 0 Å². The third kappa shape index (κ3) is 1.46. The van der Waals surface area contributed by atoms with Crippen LogP contribution in [0.15, 0.2) is 42.5 Å². The number of fused-ring (bicyclic) bond motifs is 2. The van der Waals surface area contributed by atoms with E-state index in [1.807, 2.05) is 18.2 Å². The Hall–Kier alpha value is -2.53. The van der Waals surface area contributed by atoms with Gasteiger partial charge in [-0.15, -0.1) is 0 Å². The van der Waals surface area contributed by atoms with Crippen molar-refractivity contribution in [1.82, 2.24) is 0 Å². The van der Waals surface area contributed by atoms with E-state index in [1.54, 1.807) is 31.3 Å². The summed E-state index contributed by atoms with van der Waals surface area (Å²) in [5.74, 6) is 0.790. The molecule has 2 aliphatic heterocycles. The van der Waals surface area contributed by atoms with Gasteiger partial charge >= 0.3 is 0 Å². The maximum absolute atomic E-state index is 12.6. The highest BCUT2D eigenvalue weighted by Gasteiger charge is 2.50. The summed E-state index contributed by atoms with van der Waals surface area (Å²) in [6.45, 7) is 0.154. The summed E-state index contributed by atoms with van der Waals surface area (Å²) in [5.41, 5.74) is 0.0827. The molecule has 5 heteroatoms. The van der Waals surface area contributed by atoms with Gasteiger partial charge in [0.1, 0.15) is 0 Å². The third-order valence-corrected chi connectivity index (χ3v) is 4.06. The van der Waals surface area contributed by atoms with Gasteiger partial charge < -0.3 is 19.5 Å². The van der Waals surface area contributed by atoms with Crippen LogP contribution in [0.3, 0.4) is 0 Å². The van der Waals surface area contributed by atoms with Gasteiger partial charge in [-0.3, -0.25) is 4.79 Å². The molecule has 21 heavy (non-hydrogen) atoms. The summed E-state index contributed by atoms with van der Waals surface area (Å²) in [5, 5.41) is 11.1.